The predicted octanol–water partition coefficient (Wildman–Crippen LogP) is 2.49. The molecule has 0 aliphatic heterocycles. The van der Waals surface area contributed by atoms with Gasteiger partial charge in [-0.05, 0) is 24.2 Å². The molecule has 0 bridgehead atoms. The maximum Gasteiger partial charge on any atom is 0.497 e. The van der Waals surface area contributed by atoms with Gasteiger partial charge in [0.2, 0.25) is 0 Å². The zero-order valence-corrected chi connectivity index (χ0v) is 9.02. The number of nitriles is 1. The Morgan fingerprint density at radius 1 is 1.55 bits per heavy atom. The van der Waals surface area contributed by atoms with E-state index in [0.29, 0.717) is 12.6 Å². The number of hydrogen-bond donors (Lipinski definition) is 0. The lowest BCUT2D eigenvalue weighted by Gasteiger charge is -2.04. The standard InChI is InChI=1S/C6H13NO2PSi/c1-11(2,3)9-10(8)6-4-5-7/h4,6H2,1-3H3/q+1. The summed E-state index contributed by atoms with van der Waals surface area (Å²) in [5, 5.41) is 8.19. The Hall–Kier alpha value is -0.233. The van der Waals surface area contributed by atoms with E-state index < -0.39 is 16.3 Å². The molecule has 0 aromatic rings. The van der Waals surface area contributed by atoms with Crippen LogP contribution >= 0.6 is 8.03 Å². The summed E-state index contributed by atoms with van der Waals surface area (Å²) in [6.07, 6.45) is 0.690. The highest BCUT2D eigenvalue weighted by Crippen LogP contribution is 2.28. The van der Waals surface area contributed by atoms with Crippen molar-refractivity contribution in [1.82, 2.24) is 0 Å². The highest BCUT2D eigenvalue weighted by atomic mass is 31.1. The molecule has 5 heteroatoms. The summed E-state index contributed by atoms with van der Waals surface area (Å²) in [5.41, 5.74) is 0. The van der Waals surface area contributed by atoms with E-state index in [9.17, 15) is 4.57 Å². The zero-order chi connectivity index (χ0) is 8.91. The minimum absolute atomic E-state index is 0.319. The summed E-state index contributed by atoms with van der Waals surface area (Å²) in [7, 11) is -3.25. The van der Waals surface area contributed by atoms with Crippen LogP contribution in [0.4, 0.5) is 0 Å². The second kappa shape index (κ2) is 4.61. The average molecular weight is 190 g/mol. The van der Waals surface area contributed by atoms with Gasteiger partial charge in [-0.25, -0.2) is 4.21 Å². The van der Waals surface area contributed by atoms with Gasteiger partial charge in [0, 0.05) is 0 Å². The van der Waals surface area contributed by atoms with Gasteiger partial charge in [0.05, 0.1) is 12.5 Å². The summed E-state index contributed by atoms with van der Waals surface area (Å²) in [5.74, 6) is 0. The fourth-order valence-electron chi connectivity index (χ4n) is 0.492. The Morgan fingerprint density at radius 2 is 2.09 bits per heavy atom. The highest BCUT2D eigenvalue weighted by Gasteiger charge is 2.28. The van der Waals surface area contributed by atoms with Gasteiger partial charge in [-0.2, -0.15) is 5.26 Å². The van der Waals surface area contributed by atoms with Gasteiger partial charge in [0.25, 0.3) is 8.32 Å². The Balaban J connectivity index is 3.64. The normalized spacial score (nSPS) is 12.4. The van der Waals surface area contributed by atoms with Crippen molar-refractivity contribution in [3.8, 4) is 6.07 Å². The zero-order valence-electron chi connectivity index (χ0n) is 7.13. The highest BCUT2D eigenvalue weighted by molar-refractivity contribution is 7.41. The first-order valence-corrected chi connectivity index (χ1v) is 8.23. The van der Waals surface area contributed by atoms with Crippen LogP contribution in [0.3, 0.4) is 0 Å². The molecule has 0 heterocycles. The average Bonchev–Trinajstić information content (AvgIpc) is 1.79. The molecule has 1 unspecified atom stereocenters. The fourth-order valence-corrected chi connectivity index (χ4v) is 3.58. The summed E-state index contributed by atoms with van der Waals surface area (Å²) in [4.78, 5) is 0. The Morgan fingerprint density at radius 3 is 2.45 bits per heavy atom. The molecular weight excluding hydrogens is 177 g/mol. The number of hydrogen-bond acceptors (Lipinski definition) is 3. The second-order valence-electron chi connectivity index (χ2n) is 3.17. The van der Waals surface area contributed by atoms with Crippen molar-refractivity contribution < 1.29 is 8.78 Å². The van der Waals surface area contributed by atoms with Gasteiger partial charge in [-0.1, -0.05) is 0 Å². The number of rotatable bonds is 4. The van der Waals surface area contributed by atoms with Gasteiger partial charge in [0.15, 0.2) is 6.16 Å². The van der Waals surface area contributed by atoms with Crippen LogP contribution in [0.15, 0.2) is 0 Å². The first-order chi connectivity index (χ1) is 4.95. The third-order valence-corrected chi connectivity index (χ3v) is 4.38. The molecule has 0 aliphatic carbocycles. The largest absolute Gasteiger partial charge is 0.497 e. The molecule has 0 aromatic carbocycles. The van der Waals surface area contributed by atoms with Crippen molar-refractivity contribution in [2.24, 2.45) is 0 Å². The Labute approximate surface area is 69.4 Å². The van der Waals surface area contributed by atoms with Crippen LogP contribution in [-0.4, -0.2) is 14.5 Å². The summed E-state index contributed by atoms with van der Waals surface area (Å²) in [6, 6.07) is 1.94. The van der Waals surface area contributed by atoms with E-state index in [1.807, 2.05) is 25.7 Å². The second-order valence-corrected chi connectivity index (χ2v) is 9.24. The third-order valence-electron chi connectivity index (χ3n) is 0.782. The van der Waals surface area contributed by atoms with Crippen LogP contribution in [0.5, 0.6) is 0 Å². The molecule has 3 nitrogen and oxygen atoms in total. The molecule has 11 heavy (non-hydrogen) atoms. The van der Waals surface area contributed by atoms with Crippen LogP contribution in [0, 0.1) is 11.3 Å². The van der Waals surface area contributed by atoms with Gasteiger partial charge in [-0.3, -0.25) is 0 Å². The molecule has 0 spiro atoms. The molecule has 0 saturated heterocycles. The van der Waals surface area contributed by atoms with Crippen molar-refractivity contribution in [3.05, 3.63) is 0 Å². The maximum absolute atomic E-state index is 11.0. The van der Waals surface area contributed by atoms with Gasteiger partial charge in [-0.15, -0.1) is 0 Å². The van der Waals surface area contributed by atoms with E-state index in [4.69, 9.17) is 9.47 Å². The SMILES string of the molecule is C[Si](C)(C)O[P+](=O)CCC#N. The molecule has 0 aromatic heterocycles. The van der Waals surface area contributed by atoms with Crippen molar-refractivity contribution in [2.45, 2.75) is 26.1 Å². The molecule has 0 aliphatic rings. The summed E-state index contributed by atoms with van der Waals surface area (Å²) >= 11 is 0. The van der Waals surface area contributed by atoms with Crippen molar-refractivity contribution in [1.29, 1.82) is 5.26 Å². The lowest BCUT2D eigenvalue weighted by atomic mass is 10.6. The van der Waals surface area contributed by atoms with E-state index in [1.165, 1.54) is 0 Å². The smallest absolute Gasteiger partial charge is 0.202 e. The van der Waals surface area contributed by atoms with Crippen LogP contribution < -0.4 is 0 Å². The van der Waals surface area contributed by atoms with Crippen LogP contribution in [0.1, 0.15) is 6.42 Å². The molecule has 0 saturated carbocycles. The molecule has 0 N–H and O–H groups in total. The van der Waals surface area contributed by atoms with Gasteiger partial charge < -0.3 is 0 Å². The minimum atomic E-state index is -1.66. The van der Waals surface area contributed by atoms with Crippen molar-refractivity contribution >= 4 is 16.3 Å². The predicted molar refractivity (Wildman–Crippen MR) is 47.1 cm³/mol. The molecular formula is C6H13NO2PSi+. The van der Waals surface area contributed by atoms with Crippen molar-refractivity contribution in [2.75, 3.05) is 6.16 Å². The molecule has 0 amide bonds. The lowest BCUT2D eigenvalue weighted by Crippen LogP contribution is -2.21. The lowest BCUT2D eigenvalue weighted by molar-refractivity contribution is 0.505. The van der Waals surface area contributed by atoms with E-state index >= 15 is 0 Å². The molecule has 0 radical (unpaired) electrons. The molecule has 62 valence electrons. The Kier molecular flexibility index (Phi) is 4.51. The summed E-state index contributed by atoms with van der Waals surface area (Å²) in [6.45, 7) is 5.94. The van der Waals surface area contributed by atoms with Crippen LogP contribution in [0.25, 0.3) is 0 Å². The fraction of sp³-hybridized carbons (Fsp3) is 0.833. The van der Waals surface area contributed by atoms with Gasteiger partial charge in [0.1, 0.15) is 0 Å². The maximum atomic E-state index is 11.0. The first-order valence-electron chi connectivity index (χ1n) is 3.46. The quantitative estimate of drug-likeness (QED) is 0.505. The molecule has 1 atom stereocenters. The van der Waals surface area contributed by atoms with Crippen molar-refractivity contribution in [3.63, 3.8) is 0 Å². The minimum Gasteiger partial charge on any atom is -0.202 e. The van der Waals surface area contributed by atoms with Crippen LogP contribution in [0.2, 0.25) is 19.6 Å². The molecule has 0 fully saturated rings. The topological polar surface area (TPSA) is 50.1 Å². The van der Waals surface area contributed by atoms with E-state index in [2.05, 4.69) is 0 Å². The third kappa shape index (κ3) is 7.67. The number of nitrogens with zero attached hydrogens (tertiary/aromatic N) is 1. The Bertz CT molecular complexity index is 182. The van der Waals surface area contributed by atoms with E-state index in [1.54, 1.807) is 0 Å². The van der Waals surface area contributed by atoms with E-state index in [0.717, 1.165) is 0 Å². The van der Waals surface area contributed by atoms with E-state index in [-0.39, 0.29) is 0 Å². The van der Waals surface area contributed by atoms with Gasteiger partial charge >= 0.3 is 8.03 Å². The monoisotopic (exact) mass is 190 g/mol. The summed E-state index contributed by atoms with van der Waals surface area (Å²) < 4.78 is 16.3. The van der Waals surface area contributed by atoms with Crippen LogP contribution in [-0.2, 0) is 8.78 Å². The molecule has 0 rings (SSSR count). The first kappa shape index (κ1) is 10.8.